The Kier molecular flexibility index (Phi) is 6.54. The van der Waals surface area contributed by atoms with Crippen molar-refractivity contribution in [3.63, 3.8) is 0 Å². The lowest BCUT2D eigenvalue weighted by Crippen LogP contribution is -2.20. The van der Waals surface area contributed by atoms with Crippen molar-refractivity contribution in [1.82, 2.24) is 9.66 Å². The minimum atomic E-state index is -0.311. The number of furan rings is 1. The van der Waals surface area contributed by atoms with Crippen LogP contribution in [0.4, 0.5) is 0 Å². The SMILES string of the molecule is O=c1c2ccccc2nc(-c2cc3cc(Cl)ccc3o2)n1N=Cc1ccccc1OCc1ccc(Br)cc1. The molecule has 0 radical (unpaired) electrons. The average molecular weight is 585 g/mol. The van der Waals surface area contributed by atoms with E-state index in [1.165, 1.54) is 4.68 Å². The summed E-state index contributed by atoms with van der Waals surface area (Å²) >= 11 is 9.61. The third-order valence-electron chi connectivity index (χ3n) is 5.99. The zero-order valence-corrected chi connectivity index (χ0v) is 22.2. The highest BCUT2D eigenvalue weighted by molar-refractivity contribution is 9.10. The van der Waals surface area contributed by atoms with Gasteiger partial charge in [0, 0.05) is 20.4 Å². The van der Waals surface area contributed by atoms with Crippen molar-refractivity contribution in [2.24, 2.45) is 5.10 Å². The molecule has 0 unspecified atom stereocenters. The van der Waals surface area contributed by atoms with Crippen molar-refractivity contribution < 1.29 is 9.15 Å². The van der Waals surface area contributed by atoms with Crippen LogP contribution in [0.15, 0.2) is 116 Å². The zero-order valence-electron chi connectivity index (χ0n) is 19.8. The summed E-state index contributed by atoms with van der Waals surface area (Å²) < 4.78 is 14.4. The molecule has 0 fully saturated rings. The predicted molar refractivity (Wildman–Crippen MR) is 154 cm³/mol. The Hall–Kier alpha value is -4.20. The third kappa shape index (κ3) is 4.86. The van der Waals surface area contributed by atoms with Gasteiger partial charge in [0.15, 0.2) is 5.76 Å². The molecule has 0 saturated carbocycles. The van der Waals surface area contributed by atoms with Crippen LogP contribution in [-0.2, 0) is 6.61 Å². The van der Waals surface area contributed by atoms with Crippen molar-refractivity contribution >= 4 is 55.6 Å². The molecule has 0 aliphatic carbocycles. The van der Waals surface area contributed by atoms with E-state index < -0.39 is 0 Å². The van der Waals surface area contributed by atoms with Gasteiger partial charge in [0.2, 0.25) is 5.82 Å². The second-order valence-corrected chi connectivity index (χ2v) is 9.91. The number of benzene rings is 4. The molecule has 2 aromatic heterocycles. The van der Waals surface area contributed by atoms with Gasteiger partial charge in [-0.25, -0.2) is 4.98 Å². The van der Waals surface area contributed by atoms with Crippen molar-refractivity contribution in [2.45, 2.75) is 6.61 Å². The molecule has 0 N–H and O–H groups in total. The highest BCUT2D eigenvalue weighted by Gasteiger charge is 2.17. The molecular formula is C30H19BrClN3O3. The van der Waals surface area contributed by atoms with Crippen molar-refractivity contribution in [3.05, 3.63) is 128 Å². The zero-order chi connectivity index (χ0) is 26.1. The number of halogens is 2. The summed E-state index contributed by atoms with van der Waals surface area (Å²) in [5.74, 6) is 1.33. The fraction of sp³-hybridized carbons (Fsp3) is 0.0333. The summed E-state index contributed by atoms with van der Waals surface area (Å²) in [5.41, 5.74) is 2.62. The molecule has 0 atom stereocenters. The Labute approximate surface area is 230 Å². The van der Waals surface area contributed by atoms with Gasteiger partial charge in [0.25, 0.3) is 5.56 Å². The first-order valence-corrected chi connectivity index (χ1v) is 12.9. The van der Waals surface area contributed by atoms with Gasteiger partial charge in [-0.2, -0.15) is 9.78 Å². The number of para-hydroxylation sites is 2. The van der Waals surface area contributed by atoms with Crippen molar-refractivity contribution in [2.75, 3.05) is 0 Å². The molecule has 6 nitrogen and oxygen atoms in total. The molecular weight excluding hydrogens is 566 g/mol. The average Bonchev–Trinajstić information content (AvgIpc) is 3.36. The van der Waals surface area contributed by atoms with Crippen molar-refractivity contribution in [1.29, 1.82) is 0 Å². The van der Waals surface area contributed by atoms with Crippen LogP contribution in [0.3, 0.4) is 0 Å². The molecule has 0 bridgehead atoms. The van der Waals surface area contributed by atoms with Crippen LogP contribution in [0.5, 0.6) is 5.75 Å². The quantitative estimate of drug-likeness (QED) is 0.188. The number of rotatable bonds is 6. The van der Waals surface area contributed by atoms with Crippen LogP contribution in [0, 0.1) is 0 Å². The molecule has 2 heterocycles. The van der Waals surface area contributed by atoms with E-state index in [2.05, 4.69) is 21.0 Å². The maximum Gasteiger partial charge on any atom is 0.282 e. The molecule has 0 aliphatic heterocycles. The fourth-order valence-electron chi connectivity index (χ4n) is 4.10. The summed E-state index contributed by atoms with van der Waals surface area (Å²) in [5, 5.41) is 6.41. The minimum Gasteiger partial charge on any atom is -0.488 e. The number of ether oxygens (including phenoxy) is 1. The molecule has 0 spiro atoms. The van der Waals surface area contributed by atoms with Gasteiger partial charge in [-0.15, -0.1) is 0 Å². The lowest BCUT2D eigenvalue weighted by Gasteiger charge is -2.10. The van der Waals surface area contributed by atoms with E-state index in [0.717, 1.165) is 15.4 Å². The van der Waals surface area contributed by atoms with Crippen LogP contribution in [0.1, 0.15) is 11.1 Å². The molecule has 4 aromatic carbocycles. The number of fused-ring (bicyclic) bond motifs is 2. The Balaban J connectivity index is 1.42. The normalized spacial score (nSPS) is 11.5. The molecule has 6 aromatic rings. The molecule has 186 valence electrons. The van der Waals surface area contributed by atoms with Gasteiger partial charge >= 0.3 is 0 Å². The number of hydrogen-bond acceptors (Lipinski definition) is 5. The van der Waals surface area contributed by atoms with Gasteiger partial charge < -0.3 is 9.15 Å². The summed E-state index contributed by atoms with van der Waals surface area (Å²) in [7, 11) is 0. The maximum absolute atomic E-state index is 13.5. The molecule has 0 amide bonds. The molecule has 38 heavy (non-hydrogen) atoms. The van der Waals surface area contributed by atoms with Crippen molar-refractivity contribution in [3.8, 4) is 17.3 Å². The van der Waals surface area contributed by atoms with E-state index in [1.54, 1.807) is 48.7 Å². The van der Waals surface area contributed by atoms with Crippen LogP contribution in [0.2, 0.25) is 5.02 Å². The number of hydrogen-bond donors (Lipinski definition) is 0. The van der Waals surface area contributed by atoms with Gasteiger partial charge in [-0.1, -0.05) is 63.9 Å². The Morgan fingerprint density at radius 1 is 0.974 bits per heavy atom. The van der Waals surface area contributed by atoms with E-state index >= 15 is 0 Å². The van der Waals surface area contributed by atoms with E-state index in [0.29, 0.717) is 45.2 Å². The summed E-state index contributed by atoms with van der Waals surface area (Å²) in [6, 6.07) is 29.8. The number of aromatic nitrogens is 2. The van der Waals surface area contributed by atoms with Crippen LogP contribution < -0.4 is 10.3 Å². The Morgan fingerprint density at radius 2 is 1.76 bits per heavy atom. The highest BCUT2D eigenvalue weighted by Crippen LogP contribution is 2.29. The third-order valence-corrected chi connectivity index (χ3v) is 6.76. The minimum absolute atomic E-state index is 0.283. The second kappa shape index (κ2) is 10.3. The monoisotopic (exact) mass is 583 g/mol. The lowest BCUT2D eigenvalue weighted by molar-refractivity contribution is 0.306. The van der Waals surface area contributed by atoms with Crippen LogP contribution >= 0.6 is 27.5 Å². The highest BCUT2D eigenvalue weighted by atomic mass is 79.9. The largest absolute Gasteiger partial charge is 0.488 e. The smallest absolute Gasteiger partial charge is 0.282 e. The second-order valence-electron chi connectivity index (χ2n) is 8.56. The van der Waals surface area contributed by atoms with E-state index in [1.807, 2.05) is 54.6 Å². The first-order chi connectivity index (χ1) is 18.5. The lowest BCUT2D eigenvalue weighted by atomic mass is 10.2. The number of nitrogens with zero attached hydrogens (tertiary/aromatic N) is 3. The van der Waals surface area contributed by atoms with E-state index in [9.17, 15) is 4.79 Å². The maximum atomic E-state index is 13.5. The summed E-state index contributed by atoms with van der Waals surface area (Å²) in [4.78, 5) is 18.3. The van der Waals surface area contributed by atoms with Gasteiger partial charge in [0.1, 0.15) is 17.9 Å². The molecule has 6 rings (SSSR count). The molecule has 8 heteroatoms. The molecule has 0 saturated heterocycles. The fourth-order valence-corrected chi connectivity index (χ4v) is 4.54. The van der Waals surface area contributed by atoms with E-state index in [-0.39, 0.29) is 11.4 Å². The standard InChI is InChI=1S/C30H19BrClN3O3/c31-22-11-9-19(10-12-22)18-37-26-8-4-1-5-20(26)17-33-35-29(34-25-7-3-2-6-24(25)30(35)36)28-16-21-15-23(32)13-14-27(21)38-28/h1-17H,18H2. The van der Waals surface area contributed by atoms with Gasteiger partial charge in [0.05, 0.1) is 17.1 Å². The van der Waals surface area contributed by atoms with Gasteiger partial charge in [-0.05, 0) is 66.2 Å². The summed E-state index contributed by atoms with van der Waals surface area (Å²) in [6.07, 6.45) is 1.60. The predicted octanol–water partition coefficient (Wildman–Crippen LogP) is 7.69. The Morgan fingerprint density at radius 3 is 2.63 bits per heavy atom. The van der Waals surface area contributed by atoms with E-state index in [4.69, 9.17) is 25.7 Å². The first-order valence-electron chi connectivity index (χ1n) is 11.8. The Bertz CT molecular complexity index is 1880. The molecule has 0 aliphatic rings. The van der Waals surface area contributed by atoms with Crippen LogP contribution in [-0.4, -0.2) is 15.9 Å². The topological polar surface area (TPSA) is 69.6 Å². The van der Waals surface area contributed by atoms with Gasteiger partial charge in [-0.3, -0.25) is 4.79 Å². The first kappa shape index (κ1) is 24.2. The van der Waals surface area contributed by atoms with Crippen LogP contribution in [0.25, 0.3) is 33.5 Å². The summed E-state index contributed by atoms with van der Waals surface area (Å²) in [6.45, 7) is 0.391.